The fourth-order valence-corrected chi connectivity index (χ4v) is 4.67. The van der Waals surface area contributed by atoms with Gasteiger partial charge in [-0.3, -0.25) is 0 Å². The molecule has 3 aliphatic rings. The summed E-state index contributed by atoms with van der Waals surface area (Å²) < 4.78 is 51.3. The molecule has 0 spiro atoms. The fourth-order valence-electron chi connectivity index (χ4n) is 4.67. The molecule has 0 fully saturated rings. The van der Waals surface area contributed by atoms with Crippen LogP contribution >= 0.6 is 0 Å². The summed E-state index contributed by atoms with van der Waals surface area (Å²) in [4.78, 5) is 0. The van der Waals surface area contributed by atoms with Gasteiger partial charge in [0.2, 0.25) is 6.79 Å². The number of halogens is 1. The third-order valence-electron chi connectivity index (χ3n) is 6.13. The molecular weight excluding hydrogens is 418 g/mol. The quantitative estimate of drug-likeness (QED) is 0.512. The highest BCUT2D eigenvalue weighted by Crippen LogP contribution is 2.49. The van der Waals surface area contributed by atoms with E-state index in [9.17, 15) is 5.11 Å². The molecule has 162 valence electrons. The number of aromatic hydroxyl groups is 1. The lowest BCUT2D eigenvalue weighted by Gasteiger charge is -2.49. The van der Waals surface area contributed by atoms with Crippen LogP contribution in [0.1, 0.15) is 28.3 Å². The maximum atomic E-state index is 10.6. The van der Waals surface area contributed by atoms with Gasteiger partial charge in [0.1, 0.15) is 12.6 Å². The topological polar surface area (TPSA) is 140 Å². The van der Waals surface area contributed by atoms with Gasteiger partial charge in [0.15, 0.2) is 23.0 Å². The Hall–Kier alpha value is -2.27. The number of ether oxygens (including phenoxy) is 3. The summed E-state index contributed by atoms with van der Waals surface area (Å²) in [6, 6.07) is 8.67. The number of phenols is 1. The first-order valence-corrected chi connectivity index (χ1v) is 10.6. The van der Waals surface area contributed by atoms with Gasteiger partial charge in [-0.25, -0.2) is 18.6 Å². The van der Waals surface area contributed by atoms with Crippen molar-refractivity contribution in [3.8, 4) is 23.0 Å². The Morgan fingerprint density at radius 1 is 1.10 bits per heavy atom. The van der Waals surface area contributed by atoms with Crippen LogP contribution < -0.4 is 32.8 Å². The van der Waals surface area contributed by atoms with Crippen LogP contribution in [0.3, 0.4) is 0 Å². The third kappa shape index (κ3) is 3.87. The molecule has 3 aliphatic heterocycles. The highest BCUT2D eigenvalue weighted by atomic mass is 35.7. The molecule has 30 heavy (non-hydrogen) atoms. The third-order valence-corrected chi connectivity index (χ3v) is 6.13. The van der Waals surface area contributed by atoms with Gasteiger partial charge in [0.05, 0.1) is 26.3 Å². The monoisotopic (exact) mass is 439 g/mol. The molecule has 1 N–H and O–H groups in total. The summed E-state index contributed by atoms with van der Waals surface area (Å²) in [5.74, 6) is 2.59. The van der Waals surface area contributed by atoms with E-state index in [4.69, 9.17) is 32.8 Å². The van der Waals surface area contributed by atoms with Crippen molar-refractivity contribution in [2.75, 3.05) is 27.5 Å². The zero-order valence-electron chi connectivity index (χ0n) is 16.6. The molecule has 0 saturated carbocycles. The Balaban J connectivity index is 0.000000393. The summed E-state index contributed by atoms with van der Waals surface area (Å²) in [5, 5.41) is 10.6. The second-order valence-electron chi connectivity index (χ2n) is 7.87. The Morgan fingerprint density at radius 3 is 2.43 bits per heavy atom. The molecule has 9 nitrogen and oxygen atoms in total. The second kappa shape index (κ2) is 7.45. The summed E-state index contributed by atoms with van der Waals surface area (Å²) in [7, 11) is -1.05. The molecular formula is C20H22ClNO8. The van der Waals surface area contributed by atoms with Gasteiger partial charge in [-0.05, 0) is 29.3 Å². The predicted octanol–water partition coefficient (Wildman–Crippen LogP) is -1.83. The van der Waals surface area contributed by atoms with Crippen LogP contribution in [0.5, 0.6) is 23.0 Å². The van der Waals surface area contributed by atoms with E-state index < -0.39 is 10.2 Å². The molecule has 2 aromatic rings. The average molecular weight is 440 g/mol. The molecule has 10 heteroatoms. The lowest BCUT2D eigenvalue weighted by atomic mass is 9.81. The van der Waals surface area contributed by atoms with E-state index in [1.165, 1.54) is 16.7 Å². The molecule has 2 atom stereocenters. The first-order valence-electron chi connectivity index (χ1n) is 9.35. The molecule has 0 aromatic heterocycles. The van der Waals surface area contributed by atoms with E-state index in [2.05, 4.69) is 25.2 Å². The van der Waals surface area contributed by atoms with E-state index in [1.807, 2.05) is 6.07 Å². The zero-order chi connectivity index (χ0) is 21.7. The minimum Gasteiger partial charge on any atom is -0.504 e. The molecule has 0 amide bonds. The molecule has 3 heterocycles. The van der Waals surface area contributed by atoms with Crippen LogP contribution in [0.2, 0.25) is 0 Å². The molecule has 2 aromatic carbocycles. The van der Waals surface area contributed by atoms with Gasteiger partial charge in [-0.2, -0.15) is 0 Å². The van der Waals surface area contributed by atoms with Gasteiger partial charge in [-0.15, -0.1) is 10.2 Å². The Bertz CT molecular complexity index is 970. The Morgan fingerprint density at radius 2 is 1.77 bits per heavy atom. The Labute approximate surface area is 175 Å². The average Bonchev–Trinajstić information content (AvgIpc) is 3.12. The highest BCUT2D eigenvalue weighted by Gasteiger charge is 2.44. The van der Waals surface area contributed by atoms with Crippen molar-refractivity contribution < 1.29 is 52.7 Å². The summed E-state index contributed by atoms with van der Waals surface area (Å²) >= 11 is 0. The van der Waals surface area contributed by atoms with E-state index in [0.717, 1.165) is 47.5 Å². The molecule has 0 saturated heterocycles. The highest BCUT2D eigenvalue weighted by molar-refractivity contribution is 5.53. The fraction of sp³-hybridized carbons (Fsp3) is 0.400. The maximum Gasteiger partial charge on any atom is 0.231 e. The molecule has 0 aliphatic carbocycles. The smallest absolute Gasteiger partial charge is 0.231 e. The van der Waals surface area contributed by atoms with E-state index >= 15 is 0 Å². The summed E-state index contributed by atoms with van der Waals surface area (Å²) in [6.45, 7) is 2.18. The first-order chi connectivity index (χ1) is 14.1. The maximum absolute atomic E-state index is 10.6. The predicted molar refractivity (Wildman–Crippen MR) is 92.1 cm³/mol. The molecule has 0 radical (unpaired) electrons. The van der Waals surface area contributed by atoms with Crippen LogP contribution in [0, 0.1) is 10.2 Å². The largest absolute Gasteiger partial charge is 0.504 e. The number of hydrogen-bond acceptors (Lipinski definition) is 8. The summed E-state index contributed by atoms with van der Waals surface area (Å²) in [6.07, 6.45) is 1.93. The van der Waals surface area contributed by atoms with Crippen LogP contribution in [0.15, 0.2) is 24.3 Å². The number of hydrogen-bond donors (Lipinski definition) is 1. The zero-order valence-corrected chi connectivity index (χ0v) is 17.3. The van der Waals surface area contributed by atoms with E-state index in [-0.39, 0.29) is 0 Å². The number of rotatable bonds is 1. The van der Waals surface area contributed by atoms with Gasteiger partial charge < -0.3 is 23.8 Å². The molecule has 0 bridgehead atoms. The first kappa shape index (κ1) is 21.0. The number of phenolic OH excluding ortho intramolecular Hbond substituents is 1. The lowest BCUT2D eigenvalue weighted by molar-refractivity contribution is -2.00. The molecule has 2 unspecified atom stereocenters. The van der Waals surface area contributed by atoms with Crippen molar-refractivity contribution in [3.05, 3.63) is 46.5 Å². The van der Waals surface area contributed by atoms with Crippen molar-refractivity contribution >= 4 is 0 Å². The lowest BCUT2D eigenvalue weighted by Crippen LogP contribution is -2.68. The number of fused-ring (bicyclic) bond motifs is 5. The Kier molecular flexibility index (Phi) is 5.21. The van der Waals surface area contributed by atoms with Crippen molar-refractivity contribution in [2.24, 2.45) is 0 Å². The van der Waals surface area contributed by atoms with Crippen LogP contribution in [0.4, 0.5) is 0 Å². The van der Waals surface area contributed by atoms with Crippen molar-refractivity contribution in [1.82, 2.24) is 0 Å². The van der Waals surface area contributed by atoms with Crippen molar-refractivity contribution in [3.63, 3.8) is 0 Å². The van der Waals surface area contributed by atoms with Crippen LogP contribution in [0.25, 0.3) is 0 Å². The SMILES string of the molecule is COc1ccc2c(c1O)C[N+]1(C)CCc3cc4c(cc3C1C2)OCO4.[O-][Cl+3]([O-])([O-])[O-]. The summed E-state index contributed by atoms with van der Waals surface area (Å²) in [5.41, 5.74) is 4.97. The number of quaternary nitrogens is 1. The van der Waals surface area contributed by atoms with Gasteiger partial charge >= 0.3 is 0 Å². The number of benzene rings is 2. The van der Waals surface area contributed by atoms with Gasteiger partial charge in [0.25, 0.3) is 0 Å². The van der Waals surface area contributed by atoms with Crippen LogP contribution in [-0.2, 0) is 19.4 Å². The van der Waals surface area contributed by atoms with Crippen molar-refractivity contribution in [1.29, 1.82) is 0 Å². The van der Waals surface area contributed by atoms with E-state index in [1.54, 1.807) is 7.11 Å². The van der Waals surface area contributed by atoms with Crippen LogP contribution in [-0.4, -0.2) is 37.1 Å². The number of nitrogens with zero attached hydrogens (tertiary/aromatic N) is 1. The van der Waals surface area contributed by atoms with Gasteiger partial charge in [0, 0.05) is 18.4 Å². The molecule has 5 rings (SSSR count). The van der Waals surface area contributed by atoms with Gasteiger partial charge in [-0.1, -0.05) is 6.07 Å². The number of likely N-dealkylation sites (N-methyl/N-ethyl adjacent to an activating group) is 1. The number of methoxy groups -OCH3 is 1. The van der Waals surface area contributed by atoms with Crippen molar-refractivity contribution in [2.45, 2.75) is 25.4 Å². The minimum absolute atomic E-state index is 0.300. The standard InChI is InChI=1S/C20H21NO4.ClHO4/c1-21-6-5-13-8-18-19(25-11-24-18)9-14(13)16(21)7-12-3-4-17(23-2)20(22)15(12)10-21;2-1(3,4)5/h3-4,8-9,16H,5-7,10-11H2,1-2H3;(H,2,3,4,5). The minimum atomic E-state index is -4.94. The second-order valence-corrected chi connectivity index (χ2v) is 8.62. The normalized spacial score (nSPS) is 23.5. The van der Waals surface area contributed by atoms with E-state index in [0.29, 0.717) is 24.3 Å².